The number of hydrogen-bond donors (Lipinski definition) is 3. The molecule has 0 spiro atoms. The zero-order chi connectivity index (χ0) is 15.0. The highest BCUT2D eigenvalue weighted by Gasteiger charge is 2.20. The summed E-state index contributed by atoms with van der Waals surface area (Å²) >= 11 is 0. The number of nitrogens with one attached hydrogen (secondary N) is 3. The molecule has 0 atom stereocenters. The quantitative estimate of drug-likeness (QED) is 0.551. The Morgan fingerprint density at radius 3 is 2.80 bits per heavy atom. The van der Waals surface area contributed by atoms with Gasteiger partial charge in [0.15, 0.2) is 5.03 Å². The van der Waals surface area contributed by atoms with E-state index in [1.807, 2.05) is 13.8 Å². The van der Waals surface area contributed by atoms with Gasteiger partial charge in [-0.1, -0.05) is 13.8 Å². The van der Waals surface area contributed by atoms with Crippen molar-refractivity contribution in [3.63, 3.8) is 0 Å². The fourth-order valence-corrected chi connectivity index (χ4v) is 2.82. The van der Waals surface area contributed by atoms with Gasteiger partial charge in [-0.15, -0.1) is 0 Å². The number of nitrogens with zero attached hydrogens (tertiary/aromatic N) is 1. The molecule has 0 fully saturated rings. The maximum Gasteiger partial charge on any atom is 0.257 e. The summed E-state index contributed by atoms with van der Waals surface area (Å²) in [7, 11) is -1.90. The standard InChI is InChI=1S/C12H24N4O3S/c1-10(2)13-8-11-9-14-16-12(11)20(17,18)15-6-4-5-7-19-3/h9-10,13,15H,4-8H2,1-3H3,(H,14,16). The van der Waals surface area contributed by atoms with Crippen molar-refractivity contribution in [3.8, 4) is 0 Å². The summed E-state index contributed by atoms with van der Waals surface area (Å²) in [6.07, 6.45) is 3.10. The summed E-state index contributed by atoms with van der Waals surface area (Å²) in [6.45, 7) is 5.50. The number of H-pyrrole nitrogens is 1. The van der Waals surface area contributed by atoms with E-state index in [4.69, 9.17) is 4.74 Å². The van der Waals surface area contributed by atoms with Crippen molar-refractivity contribution in [1.29, 1.82) is 0 Å². The molecule has 7 nitrogen and oxygen atoms in total. The normalized spacial score (nSPS) is 12.2. The summed E-state index contributed by atoms with van der Waals surface area (Å²) in [5.41, 5.74) is 0.642. The predicted octanol–water partition coefficient (Wildman–Crippen LogP) is 0.613. The van der Waals surface area contributed by atoms with Gasteiger partial charge in [0.2, 0.25) is 0 Å². The van der Waals surface area contributed by atoms with Gasteiger partial charge in [-0.2, -0.15) is 5.10 Å². The maximum atomic E-state index is 12.2. The number of aromatic amines is 1. The highest BCUT2D eigenvalue weighted by atomic mass is 32.2. The van der Waals surface area contributed by atoms with Crippen LogP contribution in [-0.2, 0) is 21.3 Å². The van der Waals surface area contributed by atoms with E-state index in [9.17, 15) is 8.42 Å². The van der Waals surface area contributed by atoms with Gasteiger partial charge in [-0.25, -0.2) is 13.1 Å². The lowest BCUT2D eigenvalue weighted by molar-refractivity contribution is 0.193. The van der Waals surface area contributed by atoms with E-state index in [0.717, 1.165) is 12.8 Å². The number of aromatic nitrogens is 2. The molecule has 0 aliphatic rings. The molecule has 1 rings (SSSR count). The Labute approximate surface area is 120 Å². The topological polar surface area (TPSA) is 96.1 Å². The first-order chi connectivity index (χ1) is 9.47. The molecule has 1 aromatic rings. The van der Waals surface area contributed by atoms with Crippen LogP contribution < -0.4 is 10.0 Å². The van der Waals surface area contributed by atoms with E-state index in [0.29, 0.717) is 25.3 Å². The van der Waals surface area contributed by atoms with Gasteiger partial charge in [-0.3, -0.25) is 5.10 Å². The third-order valence-corrected chi connectivity index (χ3v) is 4.19. The van der Waals surface area contributed by atoms with Crippen LogP contribution in [0.3, 0.4) is 0 Å². The van der Waals surface area contributed by atoms with Crippen LogP contribution in [0.25, 0.3) is 0 Å². The molecule has 3 N–H and O–H groups in total. The molecule has 0 bridgehead atoms. The van der Waals surface area contributed by atoms with Gasteiger partial charge >= 0.3 is 0 Å². The summed E-state index contributed by atoms with van der Waals surface area (Å²) in [4.78, 5) is 0. The van der Waals surface area contributed by atoms with Crippen molar-refractivity contribution < 1.29 is 13.2 Å². The van der Waals surface area contributed by atoms with Gasteiger partial charge in [0.05, 0.1) is 6.20 Å². The van der Waals surface area contributed by atoms with Gasteiger partial charge in [0, 0.05) is 38.4 Å². The van der Waals surface area contributed by atoms with E-state index < -0.39 is 10.0 Å². The van der Waals surface area contributed by atoms with E-state index in [1.165, 1.54) is 6.20 Å². The van der Waals surface area contributed by atoms with Gasteiger partial charge < -0.3 is 10.1 Å². The Balaban J connectivity index is 2.56. The van der Waals surface area contributed by atoms with Gasteiger partial charge in [-0.05, 0) is 12.8 Å². The first-order valence-corrected chi connectivity index (χ1v) is 8.20. The molecule has 8 heteroatoms. The molecule has 20 heavy (non-hydrogen) atoms. The Kier molecular flexibility index (Phi) is 7.14. The number of methoxy groups -OCH3 is 1. The van der Waals surface area contributed by atoms with Crippen molar-refractivity contribution in [3.05, 3.63) is 11.8 Å². The summed E-state index contributed by atoms with van der Waals surface area (Å²) in [5.74, 6) is 0. The molecule has 0 saturated carbocycles. The Hall–Kier alpha value is -0.960. The monoisotopic (exact) mass is 304 g/mol. The zero-order valence-corrected chi connectivity index (χ0v) is 13.1. The van der Waals surface area contributed by atoms with Crippen molar-refractivity contribution in [1.82, 2.24) is 20.2 Å². The fourth-order valence-electron chi connectivity index (χ4n) is 1.62. The lowest BCUT2D eigenvalue weighted by Crippen LogP contribution is -2.28. The second kappa shape index (κ2) is 8.35. The van der Waals surface area contributed by atoms with Crippen LogP contribution in [-0.4, -0.2) is 44.9 Å². The van der Waals surface area contributed by atoms with Crippen LogP contribution in [0.2, 0.25) is 0 Å². The summed E-state index contributed by atoms with van der Waals surface area (Å²) in [6, 6.07) is 0.280. The molecule has 0 amide bonds. The van der Waals surface area contributed by atoms with Crippen LogP contribution in [0.1, 0.15) is 32.3 Å². The smallest absolute Gasteiger partial charge is 0.257 e. The molecular weight excluding hydrogens is 280 g/mol. The molecule has 0 aliphatic carbocycles. The number of sulfonamides is 1. The lowest BCUT2D eigenvalue weighted by atomic mass is 10.3. The van der Waals surface area contributed by atoms with E-state index in [2.05, 4.69) is 20.2 Å². The van der Waals surface area contributed by atoms with Crippen LogP contribution >= 0.6 is 0 Å². The Morgan fingerprint density at radius 1 is 1.40 bits per heavy atom. The summed E-state index contributed by atoms with van der Waals surface area (Å²) < 4.78 is 31.8. The van der Waals surface area contributed by atoms with E-state index >= 15 is 0 Å². The Bertz CT molecular complexity index is 485. The van der Waals surface area contributed by atoms with Crippen molar-refractivity contribution >= 4 is 10.0 Å². The molecule has 0 unspecified atom stereocenters. The van der Waals surface area contributed by atoms with E-state index in [1.54, 1.807) is 7.11 Å². The average molecular weight is 304 g/mol. The average Bonchev–Trinajstić information content (AvgIpc) is 2.85. The highest BCUT2D eigenvalue weighted by molar-refractivity contribution is 7.89. The van der Waals surface area contributed by atoms with Crippen molar-refractivity contribution in [2.24, 2.45) is 0 Å². The second-order valence-electron chi connectivity index (χ2n) is 4.86. The molecule has 116 valence electrons. The maximum absolute atomic E-state index is 12.2. The molecule has 1 aromatic heterocycles. The largest absolute Gasteiger partial charge is 0.385 e. The fraction of sp³-hybridized carbons (Fsp3) is 0.750. The third kappa shape index (κ3) is 5.58. The number of rotatable bonds is 10. The molecule has 0 aliphatic heterocycles. The van der Waals surface area contributed by atoms with E-state index in [-0.39, 0.29) is 11.1 Å². The second-order valence-corrected chi connectivity index (χ2v) is 6.56. The van der Waals surface area contributed by atoms with Gasteiger partial charge in [0.1, 0.15) is 0 Å². The van der Waals surface area contributed by atoms with Crippen molar-refractivity contribution in [2.75, 3.05) is 20.3 Å². The minimum Gasteiger partial charge on any atom is -0.385 e. The number of unbranched alkanes of at least 4 members (excludes halogenated alkanes) is 1. The lowest BCUT2D eigenvalue weighted by Gasteiger charge is -2.09. The van der Waals surface area contributed by atoms with Gasteiger partial charge in [0.25, 0.3) is 10.0 Å². The first kappa shape index (κ1) is 17.1. The minimum atomic E-state index is -3.53. The molecular formula is C12H24N4O3S. The zero-order valence-electron chi connectivity index (χ0n) is 12.3. The SMILES string of the molecule is COCCCCNS(=O)(=O)c1[nH]ncc1CNC(C)C. The third-order valence-electron chi connectivity index (χ3n) is 2.71. The Morgan fingerprint density at radius 2 is 2.15 bits per heavy atom. The van der Waals surface area contributed by atoms with Crippen LogP contribution in [0.5, 0.6) is 0 Å². The van der Waals surface area contributed by atoms with Crippen molar-refractivity contribution in [2.45, 2.75) is 44.3 Å². The predicted molar refractivity (Wildman–Crippen MR) is 76.9 cm³/mol. The highest BCUT2D eigenvalue weighted by Crippen LogP contribution is 2.11. The molecule has 0 saturated heterocycles. The van der Waals surface area contributed by atoms with Crippen LogP contribution in [0.15, 0.2) is 11.2 Å². The number of ether oxygens (including phenoxy) is 1. The van der Waals surface area contributed by atoms with Crippen LogP contribution in [0.4, 0.5) is 0 Å². The first-order valence-electron chi connectivity index (χ1n) is 6.71. The molecule has 0 aromatic carbocycles. The molecule has 0 radical (unpaired) electrons. The molecule has 1 heterocycles. The minimum absolute atomic E-state index is 0.136. The van der Waals surface area contributed by atoms with Crippen LogP contribution in [0, 0.1) is 0 Å². The number of hydrogen-bond acceptors (Lipinski definition) is 5. The summed E-state index contributed by atoms with van der Waals surface area (Å²) in [5, 5.41) is 9.69.